The Morgan fingerprint density at radius 3 is 2.84 bits per heavy atom. The summed E-state index contributed by atoms with van der Waals surface area (Å²) in [4.78, 5) is 19.0. The highest BCUT2D eigenvalue weighted by molar-refractivity contribution is 6.20. The lowest BCUT2D eigenvalue weighted by Crippen LogP contribution is -2.37. The summed E-state index contributed by atoms with van der Waals surface area (Å²) in [6.07, 6.45) is 9.89. The van der Waals surface area contributed by atoms with Crippen molar-refractivity contribution < 1.29 is 14.0 Å². The Morgan fingerprint density at radius 1 is 1.16 bits per heavy atom. The van der Waals surface area contributed by atoms with E-state index in [2.05, 4.69) is 28.3 Å². The fourth-order valence-electron chi connectivity index (χ4n) is 6.14. The molecule has 2 aromatic rings. The van der Waals surface area contributed by atoms with Gasteiger partial charge in [0.2, 0.25) is 0 Å². The largest absolute Gasteiger partial charge is 0.352 e. The van der Waals surface area contributed by atoms with E-state index in [1.165, 1.54) is 23.3 Å². The average Bonchev–Trinajstić information content (AvgIpc) is 3.62. The maximum atomic E-state index is 13.4. The Morgan fingerprint density at radius 2 is 2.00 bits per heavy atom. The van der Waals surface area contributed by atoms with Gasteiger partial charge in [-0.1, -0.05) is 48.6 Å². The van der Waals surface area contributed by atoms with Gasteiger partial charge in [-0.05, 0) is 85.8 Å². The van der Waals surface area contributed by atoms with Crippen LogP contribution in [0, 0.1) is 17.7 Å². The Hall–Kier alpha value is -2.80. The second-order valence-corrected chi connectivity index (χ2v) is 10.6. The highest BCUT2D eigenvalue weighted by atomic mass is 19.1. The summed E-state index contributed by atoms with van der Waals surface area (Å²) in [5, 5.41) is 6.69. The molecule has 0 aromatic heterocycles. The molecule has 3 aliphatic rings. The number of hydroxylamine groups is 1. The fourth-order valence-corrected chi connectivity index (χ4v) is 6.14. The van der Waals surface area contributed by atoms with E-state index >= 15 is 0 Å². The Labute approximate surface area is 219 Å². The van der Waals surface area contributed by atoms with E-state index < -0.39 is 0 Å². The van der Waals surface area contributed by atoms with Crippen LogP contribution in [0.15, 0.2) is 60.7 Å². The minimum absolute atomic E-state index is 0.0196. The summed E-state index contributed by atoms with van der Waals surface area (Å²) in [5.41, 5.74) is 8.38. The molecule has 2 fully saturated rings. The highest BCUT2D eigenvalue weighted by Gasteiger charge is 2.48. The Balaban J connectivity index is 1.20. The summed E-state index contributed by atoms with van der Waals surface area (Å²) in [6.45, 7) is 5.48. The number of allylic oxidation sites excluding steroid dienone is 3. The van der Waals surface area contributed by atoms with Gasteiger partial charge < -0.3 is 10.6 Å². The molecule has 0 radical (unpaired) electrons. The topological polar surface area (TPSA) is 62.4 Å². The van der Waals surface area contributed by atoms with Gasteiger partial charge in [0.15, 0.2) is 0 Å². The van der Waals surface area contributed by atoms with E-state index in [9.17, 15) is 9.18 Å². The third-order valence-corrected chi connectivity index (χ3v) is 8.44. The molecule has 37 heavy (non-hydrogen) atoms. The van der Waals surface area contributed by atoms with Crippen molar-refractivity contribution >= 4 is 17.1 Å². The molecule has 2 heterocycles. The molecule has 5 nitrogen and oxygen atoms in total. The Kier molecular flexibility index (Phi) is 8.18. The van der Waals surface area contributed by atoms with Gasteiger partial charge >= 0.3 is 0 Å². The molecule has 0 saturated carbocycles. The van der Waals surface area contributed by atoms with Crippen molar-refractivity contribution in [2.75, 3.05) is 26.2 Å². The van der Waals surface area contributed by atoms with Gasteiger partial charge in [0, 0.05) is 37.7 Å². The molecule has 196 valence electrons. The van der Waals surface area contributed by atoms with Gasteiger partial charge in [-0.3, -0.25) is 9.63 Å². The molecular weight excluding hydrogens is 465 g/mol. The standard InChI is InChI=1S/C31H38FN3O2/c1-2-23(24-9-12-27(32)13-10-24)8-7-22(15-17-31-21-33-19-26(31)20-35-37-31)16-18-34-30(36)29-14-11-25-5-3-4-6-28(25)29/h2-6,9-10,12-14,22,26,33,35H,7-8,11,15-21H2,1H3,(H,34,36). The first-order chi connectivity index (χ1) is 18.1. The maximum absolute atomic E-state index is 13.4. The SMILES string of the molecule is CC=C(CCC(CCNC(=O)C1=CCc2ccccc21)CCC12CNCC1CNO2)c1ccc(F)cc1. The second-order valence-electron chi connectivity index (χ2n) is 10.6. The van der Waals surface area contributed by atoms with Crippen LogP contribution in [0.2, 0.25) is 0 Å². The molecule has 3 unspecified atom stereocenters. The smallest absolute Gasteiger partial charge is 0.251 e. The number of halogens is 1. The fraction of sp³-hybridized carbons (Fsp3) is 0.452. The summed E-state index contributed by atoms with van der Waals surface area (Å²) in [6, 6.07) is 14.9. The molecule has 2 saturated heterocycles. The number of benzene rings is 2. The molecule has 2 aliphatic heterocycles. The number of nitrogens with one attached hydrogen (secondary N) is 3. The zero-order valence-corrected chi connectivity index (χ0v) is 21.7. The number of carbonyl (C=O) groups is 1. The van der Waals surface area contributed by atoms with Gasteiger partial charge in [0.25, 0.3) is 5.91 Å². The van der Waals surface area contributed by atoms with Crippen LogP contribution in [0.1, 0.15) is 55.7 Å². The number of hydrogen-bond acceptors (Lipinski definition) is 4. The van der Waals surface area contributed by atoms with Gasteiger partial charge in [0.1, 0.15) is 11.4 Å². The summed E-state index contributed by atoms with van der Waals surface area (Å²) >= 11 is 0. The maximum Gasteiger partial charge on any atom is 0.251 e. The molecular formula is C31H38FN3O2. The van der Waals surface area contributed by atoms with E-state index in [1.54, 1.807) is 0 Å². The Bertz CT molecular complexity index is 1150. The van der Waals surface area contributed by atoms with Crippen LogP contribution in [0.5, 0.6) is 0 Å². The van der Waals surface area contributed by atoms with Crippen LogP contribution in [0.4, 0.5) is 4.39 Å². The van der Waals surface area contributed by atoms with Crippen molar-refractivity contribution in [1.29, 1.82) is 0 Å². The quantitative estimate of drug-likeness (QED) is 0.402. The number of carbonyl (C=O) groups excluding carboxylic acids is 1. The van der Waals surface area contributed by atoms with Crippen molar-refractivity contribution in [2.24, 2.45) is 11.8 Å². The molecule has 3 N–H and O–H groups in total. The molecule has 0 bridgehead atoms. The van der Waals surface area contributed by atoms with Gasteiger partial charge in [-0.25, -0.2) is 9.87 Å². The van der Waals surface area contributed by atoms with Crippen LogP contribution in [0.3, 0.4) is 0 Å². The summed E-state index contributed by atoms with van der Waals surface area (Å²) in [5.74, 6) is 0.760. The van der Waals surface area contributed by atoms with Gasteiger partial charge in [-0.2, -0.15) is 0 Å². The van der Waals surface area contributed by atoms with E-state index in [4.69, 9.17) is 4.84 Å². The van der Waals surface area contributed by atoms with Crippen LogP contribution < -0.4 is 16.1 Å². The molecule has 1 amide bonds. The zero-order valence-electron chi connectivity index (χ0n) is 21.7. The van der Waals surface area contributed by atoms with Crippen molar-refractivity contribution in [3.8, 4) is 0 Å². The lowest BCUT2D eigenvalue weighted by molar-refractivity contribution is -0.115. The zero-order chi connectivity index (χ0) is 25.7. The molecule has 0 spiro atoms. The lowest BCUT2D eigenvalue weighted by atomic mass is 9.82. The van der Waals surface area contributed by atoms with Gasteiger partial charge in [0.05, 0.1) is 0 Å². The minimum atomic E-state index is -0.211. The van der Waals surface area contributed by atoms with E-state index in [0.29, 0.717) is 18.4 Å². The predicted molar refractivity (Wildman–Crippen MR) is 146 cm³/mol. The molecule has 5 rings (SSSR count). The minimum Gasteiger partial charge on any atom is -0.352 e. The normalized spacial score (nSPS) is 23.5. The van der Waals surface area contributed by atoms with Crippen LogP contribution >= 0.6 is 0 Å². The van der Waals surface area contributed by atoms with E-state index in [1.807, 2.05) is 43.3 Å². The van der Waals surface area contributed by atoms with Crippen molar-refractivity contribution in [2.45, 2.75) is 51.0 Å². The number of amides is 1. The first-order valence-electron chi connectivity index (χ1n) is 13.7. The van der Waals surface area contributed by atoms with Crippen molar-refractivity contribution in [1.82, 2.24) is 16.1 Å². The molecule has 2 aromatic carbocycles. The third-order valence-electron chi connectivity index (χ3n) is 8.44. The van der Waals surface area contributed by atoms with Crippen LogP contribution in [-0.4, -0.2) is 37.7 Å². The number of hydrogen-bond donors (Lipinski definition) is 3. The number of fused-ring (bicyclic) bond motifs is 2. The molecule has 6 heteroatoms. The van der Waals surface area contributed by atoms with Crippen LogP contribution in [0.25, 0.3) is 11.1 Å². The van der Waals surface area contributed by atoms with Crippen molar-refractivity contribution in [3.05, 3.63) is 83.2 Å². The predicted octanol–water partition coefficient (Wildman–Crippen LogP) is 5.04. The van der Waals surface area contributed by atoms with Crippen molar-refractivity contribution in [3.63, 3.8) is 0 Å². The molecule has 3 atom stereocenters. The average molecular weight is 504 g/mol. The highest BCUT2D eigenvalue weighted by Crippen LogP contribution is 2.37. The summed E-state index contributed by atoms with van der Waals surface area (Å²) in [7, 11) is 0. The first kappa shape index (κ1) is 25.8. The third kappa shape index (κ3) is 5.87. The molecule has 1 aliphatic carbocycles. The lowest BCUT2D eigenvalue weighted by Gasteiger charge is -2.28. The second kappa shape index (κ2) is 11.7. The van der Waals surface area contributed by atoms with Crippen LogP contribution in [-0.2, 0) is 16.1 Å². The summed E-state index contributed by atoms with van der Waals surface area (Å²) < 4.78 is 13.4. The van der Waals surface area contributed by atoms with E-state index in [0.717, 1.165) is 74.9 Å². The first-order valence-corrected chi connectivity index (χ1v) is 13.7. The van der Waals surface area contributed by atoms with E-state index in [-0.39, 0.29) is 17.3 Å². The number of rotatable bonds is 11. The van der Waals surface area contributed by atoms with Gasteiger partial charge in [-0.15, -0.1) is 0 Å². The monoisotopic (exact) mass is 503 g/mol.